The molecular weight excluding hydrogens is 246 g/mol. The second-order valence-electron chi connectivity index (χ2n) is 5.33. The Morgan fingerprint density at radius 2 is 1.55 bits per heavy atom. The lowest BCUT2D eigenvalue weighted by atomic mass is 10.1. The van der Waals surface area contributed by atoms with Crippen molar-refractivity contribution in [2.75, 3.05) is 0 Å². The van der Waals surface area contributed by atoms with E-state index in [1.54, 1.807) is 0 Å². The Bertz CT molecular complexity index is 1110. The summed E-state index contributed by atoms with van der Waals surface area (Å²) in [6.45, 7) is 2.13. The van der Waals surface area contributed by atoms with Crippen molar-refractivity contribution in [3.05, 3.63) is 54.6 Å². The Morgan fingerprint density at radius 3 is 2.45 bits per heavy atom. The summed E-state index contributed by atoms with van der Waals surface area (Å²) in [6.07, 6.45) is 7.69. The fraction of sp³-hybridized carbons (Fsp3) is 0.0588. The molecule has 20 heavy (non-hydrogen) atoms. The molecular formula is C17H11N3. The molecule has 0 unspecified atom stereocenters. The number of benzene rings is 1. The first-order valence-corrected chi connectivity index (χ1v) is 6.68. The number of rotatable bonds is 0. The Labute approximate surface area is 114 Å². The average molecular weight is 257 g/mol. The third-order valence-corrected chi connectivity index (χ3v) is 4.15. The summed E-state index contributed by atoms with van der Waals surface area (Å²) in [4.78, 5) is 8.69. The molecule has 0 aliphatic rings. The van der Waals surface area contributed by atoms with Gasteiger partial charge in [-0.1, -0.05) is 11.6 Å². The van der Waals surface area contributed by atoms with Crippen LogP contribution < -0.4 is 0 Å². The topological polar surface area (TPSA) is 30.2 Å². The lowest BCUT2D eigenvalue weighted by Crippen LogP contribution is -1.81. The van der Waals surface area contributed by atoms with E-state index in [1.165, 1.54) is 43.7 Å². The van der Waals surface area contributed by atoms with Crippen LogP contribution in [0.5, 0.6) is 0 Å². The van der Waals surface area contributed by atoms with Gasteiger partial charge in [0, 0.05) is 46.3 Å². The molecule has 0 aliphatic carbocycles. The van der Waals surface area contributed by atoms with Gasteiger partial charge >= 0.3 is 0 Å². The molecule has 5 rings (SSSR count). The minimum atomic E-state index is 1.17. The zero-order valence-electron chi connectivity index (χ0n) is 11.0. The monoisotopic (exact) mass is 257 g/mol. The van der Waals surface area contributed by atoms with E-state index in [0.29, 0.717) is 0 Å². The highest BCUT2D eigenvalue weighted by Gasteiger charge is 2.16. The maximum atomic E-state index is 4.43. The highest BCUT2D eigenvalue weighted by Crippen LogP contribution is 2.37. The first-order chi connectivity index (χ1) is 9.84. The van der Waals surface area contributed by atoms with Gasteiger partial charge in [0.15, 0.2) is 0 Å². The molecule has 0 radical (unpaired) electrons. The predicted molar refractivity (Wildman–Crippen MR) is 81.4 cm³/mol. The van der Waals surface area contributed by atoms with E-state index in [1.807, 2.05) is 24.8 Å². The summed E-state index contributed by atoms with van der Waals surface area (Å²) in [5, 5.41) is 4.84. The van der Waals surface area contributed by atoms with E-state index in [4.69, 9.17) is 0 Å². The van der Waals surface area contributed by atoms with Crippen LogP contribution in [0.15, 0.2) is 49.1 Å². The normalized spacial score (nSPS) is 12.2. The summed E-state index contributed by atoms with van der Waals surface area (Å²) >= 11 is 0. The molecule has 3 nitrogen and oxygen atoms in total. The minimum Gasteiger partial charge on any atom is -0.308 e. The number of fused-ring (bicyclic) bond motifs is 6. The number of aromatic nitrogens is 3. The number of hydrogen-bond donors (Lipinski definition) is 0. The van der Waals surface area contributed by atoms with Gasteiger partial charge in [0.25, 0.3) is 0 Å². The zero-order chi connectivity index (χ0) is 13.3. The molecule has 0 fully saturated rings. The van der Waals surface area contributed by atoms with Gasteiger partial charge in [0.2, 0.25) is 0 Å². The Balaban J connectivity index is 2.27. The maximum absolute atomic E-state index is 4.43. The highest BCUT2D eigenvalue weighted by atomic mass is 14.9. The standard InChI is InChI=1S/C17H11N3/c1-10-2-3-15-11(6-10)13-8-19-9-14-12-7-18-5-4-16(12)20(15)17(13)14/h2-9H,1H3. The van der Waals surface area contributed by atoms with E-state index in [0.717, 1.165) is 0 Å². The van der Waals surface area contributed by atoms with Gasteiger partial charge in [-0.25, -0.2) is 0 Å². The quantitative estimate of drug-likeness (QED) is 0.420. The van der Waals surface area contributed by atoms with E-state index >= 15 is 0 Å². The van der Waals surface area contributed by atoms with Gasteiger partial charge < -0.3 is 4.40 Å². The molecule has 0 atom stereocenters. The number of hydrogen-bond acceptors (Lipinski definition) is 2. The molecule has 0 saturated heterocycles. The summed E-state index contributed by atoms with van der Waals surface area (Å²) in [7, 11) is 0. The van der Waals surface area contributed by atoms with E-state index in [-0.39, 0.29) is 0 Å². The molecule has 4 heterocycles. The third kappa shape index (κ3) is 1.03. The second kappa shape index (κ2) is 3.25. The van der Waals surface area contributed by atoms with Crippen molar-refractivity contribution in [3.63, 3.8) is 0 Å². The molecule has 0 amide bonds. The molecule has 1 aromatic carbocycles. The Hall–Kier alpha value is -2.68. The summed E-state index contributed by atoms with van der Waals surface area (Å²) < 4.78 is 2.33. The van der Waals surface area contributed by atoms with Crippen LogP contribution in [-0.2, 0) is 0 Å². The molecule has 0 N–H and O–H groups in total. The van der Waals surface area contributed by atoms with E-state index in [9.17, 15) is 0 Å². The van der Waals surface area contributed by atoms with Crippen LogP contribution in [0.1, 0.15) is 5.56 Å². The third-order valence-electron chi connectivity index (χ3n) is 4.15. The van der Waals surface area contributed by atoms with Crippen LogP contribution in [0.2, 0.25) is 0 Å². The number of pyridine rings is 2. The molecule has 5 aromatic rings. The van der Waals surface area contributed by atoms with Crippen LogP contribution in [-0.4, -0.2) is 14.4 Å². The Kier molecular flexibility index (Phi) is 1.65. The van der Waals surface area contributed by atoms with Crippen molar-refractivity contribution in [1.29, 1.82) is 0 Å². The lowest BCUT2D eigenvalue weighted by molar-refractivity contribution is 1.32. The van der Waals surface area contributed by atoms with Crippen molar-refractivity contribution >= 4 is 38.1 Å². The predicted octanol–water partition coefficient (Wildman–Crippen LogP) is 3.94. The lowest BCUT2D eigenvalue weighted by Gasteiger charge is -1.97. The molecule has 4 aromatic heterocycles. The first-order valence-electron chi connectivity index (χ1n) is 6.68. The van der Waals surface area contributed by atoms with Crippen molar-refractivity contribution in [2.45, 2.75) is 6.92 Å². The van der Waals surface area contributed by atoms with E-state index in [2.05, 4.69) is 45.6 Å². The fourth-order valence-corrected chi connectivity index (χ4v) is 3.31. The van der Waals surface area contributed by atoms with Crippen molar-refractivity contribution < 1.29 is 0 Å². The zero-order valence-corrected chi connectivity index (χ0v) is 11.0. The van der Waals surface area contributed by atoms with Gasteiger partial charge in [-0.15, -0.1) is 0 Å². The van der Waals surface area contributed by atoms with Crippen LogP contribution in [0.25, 0.3) is 38.1 Å². The SMILES string of the molecule is Cc1ccc2c(c1)c1cncc3c4cnccc4n2c31. The molecule has 0 spiro atoms. The van der Waals surface area contributed by atoms with Gasteiger partial charge in [-0.05, 0) is 25.1 Å². The van der Waals surface area contributed by atoms with Gasteiger partial charge in [0.05, 0.1) is 16.6 Å². The van der Waals surface area contributed by atoms with Crippen LogP contribution in [0.4, 0.5) is 0 Å². The molecule has 0 bridgehead atoms. The smallest absolute Gasteiger partial charge is 0.0652 e. The van der Waals surface area contributed by atoms with E-state index < -0.39 is 0 Å². The molecule has 0 aliphatic heterocycles. The fourth-order valence-electron chi connectivity index (χ4n) is 3.31. The van der Waals surface area contributed by atoms with Crippen LogP contribution in [0, 0.1) is 6.92 Å². The Morgan fingerprint density at radius 1 is 0.800 bits per heavy atom. The average Bonchev–Trinajstić information content (AvgIpc) is 2.98. The summed E-state index contributed by atoms with van der Waals surface area (Å²) in [6, 6.07) is 8.68. The van der Waals surface area contributed by atoms with Crippen molar-refractivity contribution in [3.8, 4) is 0 Å². The largest absolute Gasteiger partial charge is 0.308 e. The summed E-state index contributed by atoms with van der Waals surface area (Å²) in [5.74, 6) is 0. The van der Waals surface area contributed by atoms with Crippen molar-refractivity contribution in [2.24, 2.45) is 0 Å². The first kappa shape index (κ1) is 10.1. The van der Waals surface area contributed by atoms with Crippen LogP contribution in [0.3, 0.4) is 0 Å². The molecule has 94 valence electrons. The molecule has 0 saturated carbocycles. The molecule has 3 heteroatoms. The second-order valence-corrected chi connectivity index (χ2v) is 5.33. The summed E-state index contributed by atoms with van der Waals surface area (Å²) in [5.41, 5.74) is 4.97. The minimum absolute atomic E-state index is 1.17. The van der Waals surface area contributed by atoms with Crippen LogP contribution >= 0.6 is 0 Å². The van der Waals surface area contributed by atoms with Gasteiger partial charge in [-0.3, -0.25) is 9.97 Å². The maximum Gasteiger partial charge on any atom is 0.0652 e. The number of aryl methyl sites for hydroxylation is 1. The highest BCUT2D eigenvalue weighted by molar-refractivity contribution is 6.22. The van der Waals surface area contributed by atoms with Gasteiger partial charge in [-0.2, -0.15) is 0 Å². The van der Waals surface area contributed by atoms with Crippen molar-refractivity contribution in [1.82, 2.24) is 14.4 Å². The van der Waals surface area contributed by atoms with Gasteiger partial charge in [0.1, 0.15) is 0 Å². The number of nitrogens with zero attached hydrogens (tertiary/aromatic N) is 3.